The summed E-state index contributed by atoms with van der Waals surface area (Å²) in [4.78, 5) is 0. The minimum atomic E-state index is 0.110. The van der Waals surface area contributed by atoms with Crippen molar-refractivity contribution in [2.24, 2.45) is 17.6 Å². The standard InChI is InChI=1S/C17H30N2/c1-6-13(4)14-7-9-15(10-8-14)17(18)16(11-19-5)12(2)3/h7-10,12-13,16-17,19H,6,11,18H2,1-5H3. The van der Waals surface area contributed by atoms with Crippen molar-refractivity contribution < 1.29 is 0 Å². The maximum Gasteiger partial charge on any atom is 0.0338 e. The molecule has 1 aromatic carbocycles. The zero-order valence-corrected chi connectivity index (χ0v) is 13.1. The summed E-state index contributed by atoms with van der Waals surface area (Å²) in [5.74, 6) is 1.68. The molecule has 108 valence electrons. The number of hydrogen-bond donors (Lipinski definition) is 2. The van der Waals surface area contributed by atoms with Gasteiger partial charge in [-0.25, -0.2) is 0 Å². The van der Waals surface area contributed by atoms with E-state index >= 15 is 0 Å². The van der Waals surface area contributed by atoms with Crippen LogP contribution in [0.25, 0.3) is 0 Å². The fourth-order valence-corrected chi connectivity index (χ4v) is 2.54. The summed E-state index contributed by atoms with van der Waals surface area (Å²) in [6, 6.07) is 8.99. The van der Waals surface area contributed by atoms with E-state index in [9.17, 15) is 0 Å². The van der Waals surface area contributed by atoms with Gasteiger partial charge in [0.05, 0.1) is 0 Å². The Kier molecular flexibility index (Phi) is 6.53. The highest BCUT2D eigenvalue weighted by Crippen LogP contribution is 2.27. The third-order valence-electron chi connectivity index (χ3n) is 4.26. The van der Waals surface area contributed by atoms with Crippen molar-refractivity contribution in [3.8, 4) is 0 Å². The second kappa shape index (κ2) is 7.66. The fraction of sp³-hybridized carbons (Fsp3) is 0.647. The summed E-state index contributed by atoms with van der Waals surface area (Å²) in [5.41, 5.74) is 9.11. The Morgan fingerprint density at radius 2 is 1.58 bits per heavy atom. The van der Waals surface area contributed by atoms with Gasteiger partial charge >= 0.3 is 0 Å². The predicted molar refractivity (Wildman–Crippen MR) is 84.3 cm³/mol. The minimum Gasteiger partial charge on any atom is -0.324 e. The van der Waals surface area contributed by atoms with Gasteiger partial charge in [-0.2, -0.15) is 0 Å². The molecule has 0 radical (unpaired) electrons. The molecule has 0 fully saturated rings. The van der Waals surface area contributed by atoms with Gasteiger partial charge in [-0.05, 0) is 48.9 Å². The van der Waals surface area contributed by atoms with E-state index < -0.39 is 0 Å². The Labute approximate surface area is 118 Å². The minimum absolute atomic E-state index is 0.110. The molecule has 2 nitrogen and oxygen atoms in total. The van der Waals surface area contributed by atoms with Gasteiger partial charge in [0, 0.05) is 6.04 Å². The predicted octanol–water partition coefficient (Wildman–Crippen LogP) is 3.69. The monoisotopic (exact) mass is 262 g/mol. The molecule has 0 heterocycles. The molecule has 19 heavy (non-hydrogen) atoms. The molecule has 0 amide bonds. The summed E-state index contributed by atoms with van der Waals surface area (Å²) >= 11 is 0. The average Bonchev–Trinajstić information content (AvgIpc) is 2.43. The van der Waals surface area contributed by atoms with Crippen LogP contribution in [0, 0.1) is 11.8 Å². The van der Waals surface area contributed by atoms with Gasteiger partial charge in [0.2, 0.25) is 0 Å². The summed E-state index contributed by atoms with van der Waals surface area (Å²) < 4.78 is 0. The number of benzene rings is 1. The highest BCUT2D eigenvalue weighted by molar-refractivity contribution is 5.27. The third kappa shape index (κ3) is 4.32. The maximum atomic E-state index is 6.44. The zero-order valence-electron chi connectivity index (χ0n) is 13.1. The number of nitrogens with two attached hydrogens (primary N) is 1. The maximum absolute atomic E-state index is 6.44. The molecule has 0 aromatic heterocycles. The normalized spacial score (nSPS) is 16.4. The SMILES string of the molecule is CCC(C)c1ccc(C(N)C(CNC)C(C)C)cc1. The lowest BCUT2D eigenvalue weighted by molar-refractivity contribution is 0.314. The molecule has 3 N–H and O–H groups in total. The van der Waals surface area contributed by atoms with E-state index in [-0.39, 0.29) is 6.04 Å². The van der Waals surface area contributed by atoms with Crippen LogP contribution in [-0.2, 0) is 0 Å². The van der Waals surface area contributed by atoms with Crippen LogP contribution in [0.5, 0.6) is 0 Å². The molecule has 0 aliphatic heterocycles. The first-order valence-corrected chi connectivity index (χ1v) is 7.51. The summed E-state index contributed by atoms with van der Waals surface area (Å²) in [6.45, 7) is 9.95. The molecule has 2 heteroatoms. The fourth-order valence-electron chi connectivity index (χ4n) is 2.54. The van der Waals surface area contributed by atoms with Crippen LogP contribution < -0.4 is 11.1 Å². The lowest BCUT2D eigenvalue weighted by Crippen LogP contribution is -2.33. The molecule has 3 atom stereocenters. The van der Waals surface area contributed by atoms with Crippen molar-refractivity contribution in [3.05, 3.63) is 35.4 Å². The molecular weight excluding hydrogens is 232 g/mol. The highest BCUT2D eigenvalue weighted by Gasteiger charge is 2.22. The second-order valence-electron chi connectivity index (χ2n) is 5.97. The van der Waals surface area contributed by atoms with Gasteiger partial charge in [0.1, 0.15) is 0 Å². The first-order valence-electron chi connectivity index (χ1n) is 7.51. The molecule has 0 saturated heterocycles. The summed E-state index contributed by atoms with van der Waals surface area (Å²) in [7, 11) is 1.99. The Balaban J connectivity index is 2.84. The Hall–Kier alpha value is -0.860. The first-order chi connectivity index (χ1) is 9.01. The molecule has 0 saturated carbocycles. The van der Waals surface area contributed by atoms with E-state index in [1.54, 1.807) is 0 Å². The van der Waals surface area contributed by atoms with Gasteiger partial charge in [-0.3, -0.25) is 0 Å². The largest absolute Gasteiger partial charge is 0.324 e. The van der Waals surface area contributed by atoms with Crippen molar-refractivity contribution >= 4 is 0 Å². The number of nitrogens with one attached hydrogen (secondary N) is 1. The van der Waals surface area contributed by atoms with E-state index in [0.29, 0.717) is 17.8 Å². The Morgan fingerprint density at radius 1 is 1.05 bits per heavy atom. The van der Waals surface area contributed by atoms with E-state index in [4.69, 9.17) is 5.73 Å². The van der Waals surface area contributed by atoms with E-state index in [2.05, 4.69) is 57.3 Å². The zero-order chi connectivity index (χ0) is 14.4. The van der Waals surface area contributed by atoms with Crippen LogP contribution in [0.2, 0.25) is 0 Å². The van der Waals surface area contributed by atoms with Gasteiger partial charge in [0.25, 0.3) is 0 Å². The van der Waals surface area contributed by atoms with Crippen LogP contribution in [0.15, 0.2) is 24.3 Å². The van der Waals surface area contributed by atoms with Gasteiger partial charge in [0.15, 0.2) is 0 Å². The van der Waals surface area contributed by atoms with E-state index in [1.165, 1.54) is 17.5 Å². The van der Waals surface area contributed by atoms with Crippen molar-refractivity contribution in [3.63, 3.8) is 0 Å². The Morgan fingerprint density at radius 3 is 2.00 bits per heavy atom. The molecule has 0 aliphatic rings. The van der Waals surface area contributed by atoms with Crippen molar-refractivity contribution in [1.29, 1.82) is 0 Å². The smallest absolute Gasteiger partial charge is 0.0338 e. The van der Waals surface area contributed by atoms with Gasteiger partial charge in [-0.1, -0.05) is 52.0 Å². The van der Waals surface area contributed by atoms with Gasteiger partial charge in [-0.15, -0.1) is 0 Å². The topological polar surface area (TPSA) is 38.0 Å². The molecule has 3 unspecified atom stereocenters. The second-order valence-corrected chi connectivity index (χ2v) is 5.97. The highest BCUT2D eigenvalue weighted by atomic mass is 14.8. The van der Waals surface area contributed by atoms with Gasteiger partial charge < -0.3 is 11.1 Å². The summed E-state index contributed by atoms with van der Waals surface area (Å²) in [5, 5.41) is 3.26. The first kappa shape index (κ1) is 16.2. The van der Waals surface area contributed by atoms with Crippen LogP contribution in [0.4, 0.5) is 0 Å². The third-order valence-corrected chi connectivity index (χ3v) is 4.26. The number of hydrogen-bond acceptors (Lipinski definition) is 2. The lowest BCUT2D eigenvalue weighted by atomic mass is 9.84. The molecular formula is C17H30N2. The van der Waals surface area contributed by atoms with E-state index in [1.807, 2.05) is 7.05 Å². The van der Waals surface area contributed by atoms with Crippen LogP contribution >= 0.6 is 0 Å². The van der Waals surface area contributed by atoms with Crippen molar-refractivity contribution in [2.75, 3.05) is 13.6 Å². The molecule has 1 rings (SSSR count). The molecule has 1 aromatic rings. The molecule has 0 spiro atoms. The molecule has 0 aliphatic carbocycles. The number of rotatable bonds is 7. The van der Waals surface area contributed by atoms with Crippen LogP contribution in [0.1, 0.15) is 57.2 Å². The van der Waals surface area contributed by atoms with Crippen LogP contribution in [0.3, 0.4) is 0 Å². The molecule has 0 bridgehead atoms. The lowest BCUT2D eigenvalue weighted by Gasteiger charge is -2.27. The van der Waals surface area contributed by atoms with Crippen LogP contribution in [-0.4, -0.2) is 13.6 Å². The van der Waals surface area contributed by atoms with Crippen molar-refractivity contribution in [2.45, 2.75) is 46.1 Å². The van der Waals surface area contributed by atoms with Crippen molar-refractivity contribution in [1.82, 2.24) is 5.32 Å². The average molecular weight is 262 g/mol. The Bertz CT molecular complexity index is 356. The van der Waals surface area contributed by atoms with E-state index in [0.717, 1.165) is 6.54 Å². The summed E-state index contributed by atoms with van der Waals surface area (Å²) in [6.07, 6.45) is 1.18. The quantitative estimate of drug-likeness (QED) is 0.786.